The Morgan fingerprint density at radius 1 is 1.62 bits per heavy atom. The van der Waals surface area contributed by atoms with Crippen molar-refractivity contribution < 1.29 is 14.3 Å². The summed E-state index contributed by atoms with van der Waals surface area (Å²) in [6, 6.07) is 0. The summed E-state index contributed by atoms with van der Waals surface area (Å²) in [5, 5.41) is 0. The Kier molecular flexibility index (Phi) is 2.84. The van der Waals surface area contributed by atoms with Crippen molar-refractivity contribution in [2.45, 2.75) is 13.3 Å². The fourth-order valence-electron chi connectivity index (χ4n) is 0.225. The number of Topliss-reactive ketones (excluding diaryl/α,β-unsaturated/α-hetero) is 1. The van der Waals surface area contributed by atoms with Gasteiger partial charge in [-0.2, -0.15) is 0 Å². The Balaban J connectivity index is 3.64. The monoisotopic (exact) mass is 115 g/mol. The summed E-state index contributed by atoms with van der Waals surface area (Å²) in [6.07, 6.45) is 0.175. The van der Waals surface area contributed by atoms with Gasteiger partial charge in [0.25, 0.3) is 0 Å². The fraction of sp³-hybridized carbons (Fsp3) is 0.400. The van der Waals surface area contributed by atoms with Gasteiger partial charge in [0, 0.05) is 6.42 Å². The zero-order valence-electron chi connectivity index (χ0n) is 4.64. The van der Waals surface area contributed by atoms with Crippen molar-refractivity contribution in [2.24, 2.45) is 0 Å². The molecule has 0 aromatic heterocycles. The quantitative estimate of drug-likeness (QED) is 0.384. The number of esters is 1. The average Bonchev–Trinajstić information content (AvgIpc) is 1.84. The lowest BCUT2D eigenvalue weighted by Gasteiger charge is -1.90. The molecular formula is C5H7O3. The van der Waals surface area contributed by atoms with Crippen LogP contribution in [-0.4, -0.2) is 11.8 Å². The van der Waals surface area contributed by atoms with Crippen molar-refractivity contribution in [3.63, 3.8) is 0 Å². The Morgan fingerprint density at radius 2 is 2.12 bits per heavy atom. The van der Waals surface area contributed by atoms with E-state index in [2.05, 4.69) is 11.8 Å². The minimum Gasteiger partial charge on any atom is -0.456 e. The van der Waals surface area contributed by atoms with Crippen LogP contribution in [0.2, 0.25) is 0 Å². The molecule has 0 spiro atoms. The highest BCUT2D eigenvalue weighted by Gasteiger charge is 2.08. The van der Waals surface area contributed by atoms with Crippen molar-refractivity contribution in [3.05, 3.63) is 7.11 Å². The zero-order valence-corrected chi connectivity index (χ0v) is 4.64. The van der Waals surface area contributed by atoms with Gasteiger partial charge in [-0.15, -0.1) is 0 Å². The molecule has 1 radical (unpaired) electrons. The first-order chi connectivity index (χ1) is 3.72. The summed E-state index contributed by atoms with van der Waals surface area (Å²) in [7, 11) is 2.78. The topological polar surface area (TPSA) is 43.4 Å². The summed E-state index contributed by atoms with van der Waals surface area (Å²) < 4.78 is 3.86. The second-order valence-electron chi connectivity index (χ2n) is 1.21. The van der Waals surface area contributed by atoms with Crippen molar-refractivity contribution >= 4 is 11.8 Å². The van der Waals surface area contributed by atoms with Crippen molar-refractivity contribution in [3.8, 4) is 0 Å². The average molecular weight is 115 g/mol. The summed E-state index contributed by atoms with van der Waals surface area (Å²) in [5.41, 5.74) is 0. The van der Waals surface area contributed by atoms with Gasteiger partial charge in [-0.3, -0.25) is 4.79 Å². The number of hydrogen-bond donors (Lipinski definition) is 0. The van der Waals surface area contributed by atoms with Crippen molar-refractivity contribution in [1.82, 2.24) is 0 Å². The Morgan fingerprint density at radius 3 is 2.25 bits per heavy atom. The molecule has 0 aliphatic heterocycles. The fourth-order valence-corrected chi connectivity index (χ4v) is 0.225. The predicted molar refractivity (Wildman–Crippen MR) is 26.7 cm³/mol. The third kappa shape index (κ3) is 1.73. The highest BCUT2D eigenvalue weighted by molar-refractivity contribution is 6.33. The second kappa shape index (κ2) is 3.18. The second-order valence-corrected chi connectivity index (χ2v) is 1.21. The normalized spacial score (nSPS) is 8.25. The maximum atomic E-state index is 10.2. The highest BCUT2D eigenvalue weighted by Crippen LogP contribution is 1.83. The van der Waals surface area contributed by atoms with Gasteiger partial charge in [0.15, 0.2) is 0 Å². The highest BCUT2D eigenvalue weighted by atomic mass is 16.5. The molecule has 45 valence electrons. The molecule has 3 heteroatoms. The van der Waals surface area contributed by atoms with Gasteiger partial charge in [0.05, 0.1) is 0 Å². The molecule has 0 atom stereocenters. The molecule has 0 fully saturated rings. The molecule has 3 nitrogen and oxygen atoms in total. The van der Waals surface area contributed by atoms with Crippen molar-refractivity contribution in [1.29, 1.82) is 0 Å². The van der Waals surface area contributed by atoms with Crippen LogP contribution in [0.3, 0.4) is 0 Å². The van der Waals surface area contributed by atoms with Gasteiger partial charge in [0.2, 0.25) is 5.78 Å². The summed E-state index contributed by atoms with van der Waals surface area (Å²) in [4.78, 5) is 20.3. The summed E-state index contributed by atoms with van der Waals surface area (Å²) in [5.74, 6) is -1.41. The molecule has 0 unspecified atom stereocenters. The maximum Gasteiger partial charge on any atom is 0.374 e. The molecule has 0 aliphatic rings. The van der Waals surface area contributed by atoms with Crippen LogP contribution < -0.4 is 0 Å². The molecule has 0 heterocycles. The van der Waals surface area contributed by atoms with Crippen LogP contribution in [0.1, 0.15) is 13.3 Å². The zero-order chi connectivity index (χ0) is 6.57. The molecule has 0 saturated heterocycles. The lowest BCUT2D eigenvalue weighted by molar-refractivity contribution is -0.149. The van der Waals surface area contributed by atoms with E-state index in [0.717, 1.165) is 0 Å². The van der Waals surface area contributed by atoms with E-state index in [4.69, 9.17) is 0 Å². The molecule has 0 bridgehead atoms. The first kappa shape index (κ1) is 7.14. The summed E-state index contributed by atoms with van der Waals surface area (Å²) in [6.45, 7) is 1.58. The van der Waals surface area contributed by atoms with Gasteiger partial charge < -0.3 is 4.74 Å². The third-order valence-corrected chi connectivity index (χ3v) is 0.680. The van der Waals surface area contributed by atoms with Crippen LogP contribution >= 0.6 is 0 Å². The molecule has 0 rings (SSSR count). The number of rotatable bonds is 2. The first-order valence-electron chi connectivity index (χ1n) is 2.21. The van der Waals surface area contributed by atoms with Crippen LogP contribution in [0.5, 0.6) is 0 Å². The van der Waals surface area contributed by atoms with Crippen LogP contribution in [0.15, 0.2) is 0 Å². The van der Waals surface area contributed by atoms with E-state index in [-0.39, 0.29) is 6.42 Å². The van der Waals surface area contributed by atoms with Gasteiger partial charge >= 0.3 is 5.97 Å². The molecule has 0 aromatic carbocycles. The van der Waals surface area contributed by atoms with Crippen LogP contribution in [0.25, 0.3) is 0 Å². The number of ether oxygens (including phenoxy) is 1. The van der Waals surface area contributed by atoms with Gasteiger partial charge in [0.1, 0.15) is 7.11 Å². The molecule has 0 N–H and O–H groups in total. The maximum absolute atomic E-state index is 10.2. The van der Waals surface area contributed by atoms with Crippen LogP contribution in [-0.2, 0) is 14.3 Å². The van der Waals surface area contributed by atoms with Crippen LogP contribution in [0, 0.1) is 7.11 Å². The van der Waals surface area contributed by atoms with Gasteiger partial charge in [-0.25, -0.2) is 4.79 Å². The number of carbonyl (C=O) groups is 2. The molecule has 0 amide bonds. The van der Waals surface area contributed by atoms with Gasteiger partial charge in [-0.05, 0) is 0 Å². The van der Waals surface area contributed by atoms with Crippen LogP contribution in [0.4, 0.5) is 0 Å². The molecule has 0 aliphatic carbocycles. The Bertz CT molecular complexity index is 92.2. The SMILES string of the molecule is [CH2]OC(=O)C(=O)CC. The molecule has 0 aromatic rings. The minimum atomic E-state index is -0.868. The Hall–Kier alpha value is -0.860. The van der Waals surface area contributed by atoms with E-state index < -0.39 is 11.8 Å². The first-order valence-corrected chi connectivity index (χ1v) is 2.21. The molecule has 0 saturated carbocycles. The van der Waals surface area contributed by atoms with E-state index in [0.29, 0.717) is 0 Å². The number of carbonyl (C=O) groups excluding carboxylic acids is 2. The predicted octanol–water partition coefficient (Wildman–Crippen LogP) is 0.300. The third-order valence-electron chi connectivity index (χ3n) is 0.680. The molecule has 8 heavy (non-hydrogen) atoms. The smallest absolute Gasteiger partial charge is 0.374 e. The van der Waals surface area contributed by atoms with E-state index in [1.54, 1.807) is 6.92 Å². The number of ketones is 1. The number of hydrogen-bond acceptors (Lipinski definition) is 3. The standard InChI is InChI=1S/C5H7O3/c1-3-4(6)5(7)8-2/h2-3H2,1H3. The van der Waals surface area contributed by atoms with E-state index in [1.807, 2.05) is 0 Å². The lowest BCUT2D eigenvalue weighted by atomic mass is 10.3. The van der Waals surface area contributed by atoms with Gasteiger partial charge in [-0.1, -0.05) is 6.92 Å². The van der Waals surface area contributed by atoms with Crippen molar-refractivity contribution in [2.75, 3.05) is 0 Å². The Labute approximate surface area is 47.6 Å². The van der Waals surface area contributed by atoms with E-state index in [9.17, 15) is 9.59 Å². The largest absolute Gasteiger partial charge is 0.456 e. The lowest BCUT2D eigenvalue weighted by Crippen LogP contribution is -2.12. The molecular weight excluding hydrogens is 108 g/mol. The van der Waals surface area contributed by atoms with E-state index in [1.165, 1.54) is 0 Å². The minimum absolute atomic E-state index is 0.175. The van der Waals surface area contributed by atoms with E-state index >= 15 is 0 Å². The summed E-state index contributed by atoms with van der Waals surface area (Å²) >= 11 is 0.